The van der Waals surface area contributed by atoms with Crippen molar-refractivity contribution in [2.24, 2.45) is 0 Å². The van der Waals surface area contributed by atoms with E-state index in [1.165, 1.54) is 36.1 Å². The van der Waals surface area contributed by atoms with Crippen molar-refractivity contribution >= 4 is 34.8 Å². The number of rotatable bonds is 7. The van der Waals surface area contributed by atoms with E-state index in [4.69, 9.17) is 4.74 Å². The predicted molar refractivity (Wildman–Crippen MR) is 113 cm³/mol. The number of benzene rings is 2. The van der Waals surface area contributed by atoms with Gasteiger partial charge in [0.25, 0.3) is 17.5 Å². The van der Waals surface area contributed by atoms with Crippen molar-refractivity contribution in [1.29, 1.82) is 0 Å². The number of fused-ring (bicyclic) bond motifs is 1. The van der Waals surface area contributed by atoms with Crippen molar-refractivity contribution in [3.63, 3.8) is 0 Å². The Bertz CT molecular complexity index is 1050. The number of nitrogens with one attached hydrogen (secondary N) is 2. The number of amides is 3. The van der Waals surface area contributed by atoms with Gasteiger partial charge < -0.3 is 15.4 Å². The molecule has 3 amide bonds. The van der Waals surface area contributed by atoms with E-state index in [1.807, 2.05) is 6.92 Å². The number of carbonyl (C=O) groups excluding carboxylic acids is 3. The fraction of sp³-hybridized carbons (Fsp3) is 0.286. The lowest BCUT2D eigenvalue weighted by molar-refractivity contribution is -0.385. The molecule has 0 radical (unpaired) electrons. The van der Waals surface area contributed by atoms with E-state index in [9.17, 15) is 24.5 Å². The molecule has 2 N–H and O–H groups in total. The van der Waals surface area contributed by atoms with E-state index in [-0.39, 0.29) is 41.8 Å². The zero-order valence-electron chi connectivity index (χ0n) is 17.1. The standard InChI is InChI=1S/C21H22N4O6/c1-3-9-22-19(26)11-24-17-10-14(7-8-18(17)31-12-20(24)27)23-21(28)15-5-4-6-16(13(15)2)25(29)30/h4-8,10H,3,9,11-12H2,1-2H3,(H,22,26)(H,23,28). The van der Waals surface area contributed by atoms with Crippen LogP contribution in [0, 0.1) is 17.0 Å². The first-order valence-electron chi connectivity index (χ1n) is 9.71. The van der Waals surface area contributed by atoms with Crippen molar-refractivity contribution in [3.8, 4) is 5.75 Å². The predicted octanol–water partition coefficient (Wildman–Crippen LogP) is 2.41. The number of nitro groups is 1. The van der Waals surface area contributed by atoms with Crippen LogP contribution in [0.1, 0.15) is 29.3 Å². The molecule has 10 nitrogen and oxygen atoms in total. The largest absolute Gasteiger partial charge is 0.482 e. The van der Waals surface area contributed by atoms with E-state index in [0.717, 1.165) is 6.42 Å². The van der Waals surface area contributed by atoms with Crippen molar-refractivity contribution in [2.45, 2.75) is 20.3 Å². The molecule has 0 spiro atoms. The molecule has 3 rings (SSSR count). The van der Waals surface area contributed by atoms with Crippen LogP contribution in [0.4, 0.5) is 17.1 Å². The molecule has 2 aromatic carbocycles. The minimum absolute atomic E-state index is 0.152. The highest BCUT2D eigenvalue weighted by molar-refractivity contribution is 6.07. The number of nitrogens with zero attached hydrogens (tertiary/aromatic N) is 2. The Morgan fingerprint density at radius 1 is 1.26 bits per heavy atom. The smallest absolute Gasteiger partial charge is 0.273 e. The van der Waals surface area contributed by atoms with E-state index >= 15 is 0 Å². The molecule has 0 saturated heterocycles. The SMILES string of the molecule is CCCNC(=O)CN1C(=O)COc2ccc(NC(=O)c3cccc([N+](=O)[O-])c3C)cc21. The average molecular weight is 426 g/mol. The van der Waals surface area contributed by atoms with Gasteiger partial charge in [0.05, 0.1) is 10.6 Å². The highest BCUT2D eigenvalue weighted by atomic mass is 16.6. The van der Waals surface area contributed by atoms with Crippen LogP contribution in [0.2, 0.25) is 0 Å². The summed E-state index contributed by atoms with van der Waals surface area (Å²) in [5.74, 6) is -0.800. The Kier molecular flexibility index (Phi) is 6.49. The van der Waals surface area contributed by atoms with Gasteiger partial charge in [-0.1, -0.05) is 13.0 Å². The van der Waals surface area contributed by atoms with Crippen molar-refractivity contribution in [3.05, 3.63) is 57.6 Å². The molecular weight excluding hydrogens is 404 g/mol. The third-order valence-electron chi connectivity index (χ3n) is 4.78. The van der Waals surface area contributed by atoms with Crippen LogP contribution in [-0.2, 0) is 9.59 Å². The van der Waals surface area contributed by atoms with E-state index < -0.39 is 10.8 Å². The molecule has 31 heavy (non-hydrogen) atoms. The minimum atomic E-state index is -0.546. The van der Waals surface area contributed by atoms with E-state index in [2.05, 4.69) is 10.6 Å². The second-order valence-electron chi connectivity index (χ2n) is 6.96. The van der Waals surface area contributed by atoms with Gasteiger partial charge in [-0.05, 0) is 37.6 Å². The summed E-state index contributed by atoms with van der Waals surface area (Å²) in [4.78, 5) is 49.1. The summed E-state index contributed by atoms with van der Waals surface area (Å²) in [5, 5.41) is 16.5. The number of hydrogen-bond donors (Lipinski definition) is 2. The summed E-state index contributed by atoms with van der Waals surface area (Å²) >= 11 is 0. The molecule has 0 atom stereocenters. The molecule has 0 fully saturated rings. The van der Waals surface area contributed by atoms with Crippen LogP contribution >= 0.6 is 0 Å². The molecule has 0 unspecified atom stereocenters. The highest BCUT2D eigenvalue weighted by Crippen LogP contribution is 2.34. The topological polar surface area (TPSA) is 131 Å². The third kappa shape index (κ3) is 4.80. The second-order valence-corrected chi connectivity index (χ2v) is 6.96. The molecule has 1 heterocycles. The van der Waals surface area contributed by atoms with Gasteiger partial charge >= 0.3 is 0 Å². The lowest BCUT2D eigenvalue weighted by atomic mass is 10.1. The Hall–Kier alpha value is -3.95. The molecule has 0 saturated carbocycles. The Labute approximate surface area is 178 Å². The quantitative estimate of drug-likeness (QED) is 0.516. The fourth-order valence-corrected chi connectivity index (χ4v) is 3.18. The Morgan fingerprint density at radius 3 is 2.74 bits per heavy atom. The molecule has 0 bridgehead atoms. The van der Waals surface area contributed by atoms with Crippen LogP contribution in [0.25, 0.3) is 0 Å². The van der Waals surface area contributed by atoms with Gasteiger partial charge in [-0.15, -0.1) is 0 Å². The van der Waals surface area contributed by atoms with Gasteiger partial charge in [-0.25, -0.2) is 0 Å². The van der Waals surface area contributed by atoms with E-state index in [0.29, 0.717) is 23.7 Å². The zero-order valence-corrected chi connectivity index (χ0v) is 17.1. The first kappa shape index (κ1) is 21.8. The number of anilines is 2. The summed E-state index contributed by atoms with van der Waals surface area (Å²) in [7, 11) is 0. The lowest BCUT2D eigenvalue weighted by Crippen LogP contribution is -2.45. The van der Waals surface area contributed by atoms with Crippen LogP contribution in [0.5, 0.6) is 5.75 Å². The summed E-state index contributed by atoms with van der Waals surface area (Å²) in [6, 6.07) is 8.98. The van der Waals surface area contributed by atoms with Crippen molar-refractivity contribution in [1.82, 2.24) is 5.32 Å². The van der Waals surface area contributed by atoms with Gasteiger partial charge in [-0.2, -0.15) is 0 Å². The Balaban J connectivity index is 1.84. The normalized spacial score (nSPS) is 12.6. The second kappa shape index (κ2) is 9.24. The molecule has 2 aromatic rings. The number of hydrogen-bond acceptors (Lipinski definition) is 6. The fourth-order valence-electron chi connectivity index (χ4n) is 3.18. The average Bonchev–Trinajstić information content (AvgIpc) is 2.74. The zero-order chi connectivity index (χ0) is 22.5. The molecule has 1 aliphatic heterocycles. The summed E-state index contributed by atoms with van der Waals surface area (Å²) in [6.45, 7) is 3.57. The highest BCUT2D eigenvalue weighted by Gasteiger charge is 2.28. The maximum absolute atomic E-state index is 12.7. The van der Waals surface area contributed by atoms with Gasteiger partial charge in [0.15, 0.2) is 6.61 Å². The summed E-state index contributed by atoms with van der Waals surface area (Å²) in [6.07, 6.45) is 0.770. The third-order valence-corrected chi connectivity index (χ3v) is 4.78. The number of nitro benzene ring substituents is 1. The lowest BCUT2D eigenvalue weighted by Gasteiger charge is -2.29. The first-order chi connectivity index (χ1) is 14.8. The molecule has 10 heteroatoms. The molecule has 162 valence electrons. The maximum atomic E-state index is 12.7. The van der Waals surface area contributed by atoms with Gasteiger partial charge in [-0.3, -0.25) is 29.4 Å². The van der Waals surface area contributed by atoms with Crippen LogP contribution in [0.15, 0.2) is 36.4 Å². The van der Waals surface area contributed by atoms with Gasteiger partial charge in [0.1, 0.15) is 12.3 Å². The van der Waals surface area contributed by atoms with Crippen molar-refractivity contribution < 1.29 is 24.0 Å². The molecule has 0 aromatic heterocycles. The van der Waals surface area contributed by atoms with Gasteiger partial charge in [0, 0.05) is 29.4 Å². The maximum Gasteiger partial charge on any atom is 0.273 e. The van der Waals surface area contributed by atoms with Crippen LogP contribution < -0.4 is 20.3 Å². The van der Waals surface area contributed by atoms with Gasteiger partial charge in [0.2, 0.25) is 5.91 Å². The monoisotopic (exact) mass is 426 g/mol. The summed E-state index contributed by atoms with van der Waals surface area (Å²) in [5.41, 5.74) is 0.968. The summed E-state index contributed by atoms with van der Waals surface area (Å²) < 4.78 is 5.42. The van der Waals surface area contributed by atoms with Crippen LogP contribution in [-0.4, -0.2) is 42.3 Å². The van der Waals surface area contributed by atoms with E-state index in [1.54, 1.807) is 12.1 Å². The molecular formula is C21H22N4O6. The molecule has 1 aliphatic rings. The molecule has 0 aliphatic carbocycles. The Morgan fingerprint density at radius 2 is 2.03 bits per heavy atom. The van der Waals surface area contributed by atoms with Crippen molar-refractivity contribution in [2.75, 3.05) is 29.9 Å². The number of ether oxygens (including phenoxy) is 1. The first-order valence-corrected chi connectivity index (χ1v) is 9.71. The minimum Gasteiger partial charge on any atom is -0.482 e. The number of carbonyl (C=O) groups is 3. The van der Waals surface area contributed by atoms with Crippen LogP contribution in [0.3, 0.4) is 0 Å².